The molecule has 0 fully saturated rings. The maximum atomic E-state index is 5.54. The molecule has 4 N–H and O–H groups in total. The predicted molar refractivity (Wildman–Crippen MR) is 48.1 cm³/mol. The minimum atomic E-state index is 0.753. The van der Waals surface area contributed by atoms with Gasteiger partial charge in [0.15, 0.2) is 0 Å². The number of nitrogens with one attached hydrogen (secondary N) is 2. The summed E-state index contributed by atoms with van der Waals surface area (Å²) >= 11 is 0. The highest BCUT2D eigenvalue weighted by Crippen LogP contribution is 2.13. The monoisotopic (exact) mass is 163 g/mol. The molecule has 1 aromatic carbocycles. The number of hydrazone groups is 1. The molecule has 0 atom stereocenters. The lowest BCUT2D eigenvalue weighted by Gasteiger charge is -2.12. The van der Waals surface area contributed by atoms with Crippen molar-refractivity contribution in [2.24, 2.45) is 5.10 Å². The van der Waals surface area contributed by atoms with E-state index in [1.54, 1.807) is 11.3 Å². The van der Waals surface area contributed by atoms with Gasteiger partial charge in [-0.1, -0.05) is 0 Å². The molecule has 1 aliphatic heterocycles. The van der Waals surface area contributed by atoms with Crippen LogP contribution in [0.15, 0.2) is 29.4 Å². The van der Waals surface area contributed by atoms with Crippen LogP contribution in [0.25, 0.3) is 0 Å². The number of nitrogens with two attached hydrogens (primary N) is 1. The summed E-state index contributed by atoms with van der Waals surface area (Å²) in [6, 6.07) is 7.48. The van der Waals surface area contributed by atoms with E-state index in [1.165, 1.54) is 0 Å². The van der Waals surface area contributed by atoms with Crippen LogP contribution < -0.4 is 21.8 Å². The van der Waals surface area contributed by atoms with Crippen LogP contribution in [0.3, 0.4) is 0 Å². The van der Waals surface area contributed by atoms with Crippen LogP contribution in [0.1, 0.15) is 0 Å². The molecule has 0 spiro atoms. The van der Waals surface area contributed by atoms with E-state index in [0.29, 0.717) is 0 Å². The van der Waals surface area contributed by atoms with Gasteiger partial charge in [-0.2, -0.15) is 5.10 Å². The molecule has 0 bridgehead atoms. The second-order valence-corrected chi connectivity index (χ2v) is 2.43. The molecule has 12 heavy (non-hydrogen) atoms. The van der Waals surface area contributed by atoms with Crippen molar-refractivity contribution in [2.75, 3.05) is 10.7 Å². The standard InChI is InChI=1S/C7H9N5/c8-6-1-3-7(4-2-6)12-5-9-10-11-12/h1-5,10-11H,8H2. The third-order valence-corrected chi connectivity index (χ3v) is 1.58. The highest BCUT2D eigenvalue weighted by Gasteiger charge is 2.05. The molecule has 0 saturated carbocycles. The summed E-state index contributed by atoms with van der Waals surface area (Å²) in [5.41, 5.74) is 12.7. The Balaban J connectivity index is 2.23. The third-order valence-electron chi connectivity index (χ3n) is 1.58. The molecule has 2 rings (SSSR count). The molecule has 0 amide bonds. The summed E-state index contributed by atoms with van der Waals surface area (Å²) in [6.07, 6.45) is 1.64. The molecule has 5 heteroatoms. The minimum Gasteiger partial charge on any atom is -0.399 e. The van der Waals surface area contributed by atoms with Gasteiger partial charge in [0.05, 0.1) is 5.69 Å². The number of hydrogen-bond donors (Lipinski definition) is 3. The highest BCUT2D eigenvalue weighted by atomic mass is 15.8. The maximum absolute atomic E-state index is 5.54. The van der Waals surface area contributed by atoms with E-state index in [0.717, 1.165) is 11.4 Å². The van der Waals surface area contributed by atoms with Crippen LogP contribution >= 0.6 is 0 Å². The zero-order chi connectivity index (χ0) is 8.39. The van der Waals surface area contributed by atoms with E-state index < -0.39 is 0 Å². The summed E-state index contributed by atoms with van der Waals surface area (Å²) in [7, 11) is 0. The van der Waals surface area contributed by atoms with Crippen molar-refractivity contribution in [1.29, 1.82) is 0 Å². The van der Waals surface area contributed by atoms with E-state index in [9.17, 15) is 0 Å². The maximum Gasteiger partial charge on any atom is 0.133 e. The van der Waals surface area contributed by atoms with E-state index in [2.05, 4.69) is 16.2 Å². The Morgan fingerprint density at radius 2 is 2.00 bits per heavy atom. The number of nitrogens with zero attached hydrogens (tertiary/aromatic N) is 2. The van der Waals surface area contributed by atoms with Crippen LogP contribution in [-0.4, -0.2) is 6.34 Å². The molecule has 1 aromatic rings. The fourth-order valence-corrected chi connectivity index (χ4v) is 0.964. The first-order chi connectivity index (χ1) is 5.86. The lowest BCUT2D eigenvalue weighted by atomic mass is 10.3. The van der Waals surface area contributed by atoms with Crippen molar-refractivity contribution in [3.8, 4) is 0 Å². The molecular weight excluding hydrogens is 154 g/mol. The summed E-state index contributed by atoms with van der Waals surface area (Å²) in [5.74, 6) is 0. The Hall–Kier alpha value is -1.75. The average molecular weight is 163 g/mol. The average Bonchev–Trinajstić information content (AvgIpc) is 2.58. The fraction of sp³-hybridized carbons (Fsp3) is 0. The SMILES string of the molecule is Nc1ccc(N2C=NNN2)cc1. The Morgan fingerprint density at radius 1 is 1.25 bits per heavy atom. The first kappa shape index (κ1) is 6.93. The van der Waals surface area contributed by atoms with Crippen molar-refractivity contribution >= 4 is 17.7 Å². The zero-order valence-electron chi connectivity index (χ0n) is 6.36. The van der Waals surface area contributed by atoms with Crippen LogP contribution in [0.4, 0.5) is 11.4 Å². The summed E-state index contributed by atoms with van der Waals surface area (Å²) in [6.45, 7) is 0. The molecule has 0 aromatic heterocycles. The van der Waals surface area contributed by atoms with Gasteiger partial charge in [-0.15, -0.1) is 5.53 Å². The smallest absolute Gasteiger partial charge is 0.133 e. The second-order valence-electron chi connectivity index (χ2n) is 2.43. The number of hydrazine groups is 2. The van der Waals surface area contributed by atoms with Crippen molar-refractivity contribution in [1.82, 2.24) is 11.1 Å². The summed E-state index contributed by atoms with van der Waals surface area (Å²) in [4.78, 5) is 0. The molecular formula is C7H9N5. The molecule has 0 radical (unpaired) electrons. The lowest BCUT2D eigenvalue weighted by Crippen LogP contribution is -2.37. The normalized spacial score (nSPS) is 14.8. The van der Waals surface area contributed by atoms with Crippen molar-refractivity contribution in [3.63, 3.8) is 0 Å². The third kappa shape index (κ3) is 1.17. The number of benzene rings is 1. The van der Waals surface area contributed by atoms with Gasteiger partial charge >= 0.3 is 0 Å². The lowest BCUT2D eigenvalue weighted by molar-refractivity contribution is 0.623. The van der Waals surface area contributed by atoms with E-state index in [1.807, 2.05) is 24.3 Å². The van der Waals surface area contributed by atoms with Crippen molar-refractivity contribution < 1.29 is 0 Å². The Morgan fingerprint density at radius 3 is 2.58 bits per heavy atom. The topological polar surface area (TPSA) is 65.7 Å². The van der Waals surface area contributed by atoms with Gasteiger partial charge in [-0.3, -0.25) is 0 Å². The highest BCUT2D eigenvalue weighted by molar-refractivity contribution is 5.79. The molecule has 1 aliphatic rings. The molecule has 0 saturated heterocycles. The molecule has 0 aliphatic carbocycles. The van der Waals surface area contributed by atoms with Crippen molar-refractivity contribution in [3.05, 3.63) is 24.3 Å². The van der Waals surface area contributed by atoms with Crippen LogP contribution in [0.2, 0.25) is 0 Å². The van der Waals surface area contributed by atoms with Crippen molar-refractivity contribution in [2.45, 2.75) is 0 Å². The number of nitrogen functional groups attached to an aromatic ring is 1. The Kier molecular flexibility index (Phi) is 1.56. The van der Waals surface area contributed by atoms with Gasteiger partial charge in [0, 0.05) is 5.69 Å². The molecule has 62 valence electrons. The Labute approximate surface area is 69.8 Å². The van der Waals surface area contributed by atoms with Crippen LogP contribution in [-0.2, 0) is 0 Å². The van der Waals surface area contributed by atoms with Gasteiger partial charge in [0.1, 0.15) is 6.34 Å². The molecule has 1 heterocycles. The number of rotatable bonds is 1. The zero-order valence-corrected chi connectivity index (χ0v) is 6.36. The van der Waals surface area contributed by atoms with Gasteiger partial charge < -0.3 is 5.73 Å². The molecule has 0 unspecified atom stereocenters. The summed E-state index contributed by atoms with van der Waals surface area (Å²) < 4.78 is 0. The fourth-order valence-electron chi connectivity index (χ4n) is 0.964. The number of anilines is 2. The largest absolute Gasteiger partial charge is 0.399 e. The van der Waals surface area contributed by atoms with Gasteiger partial charge in [0.2, 0.25) is 0 Å². The quantitative estimate of drug-likeness (QED) is 0.511. The minimum absolute atomic E-state index is 0.753. The van der Waals surface area contributed by atoms with Gasteiger partial charge in [-0.05, 0) is 24.3 Å². The number of hydrogen-bond acceptors (Lipinski definition) is 5. The summed E-state index contributed by atoms with van der Waals surface area (Å²) in [5, 5.41) is 5.52. The first-order valence-electron chi connectivity index (χ1n) is 3.55. The van der Waals surface area contributed by atoms with E-state index >= 15 is 0 Å². The van der Waals surface area contributed by atoms with E-state index in [4.69, 9.17) is 5.73 Å². The van der Waals surface area contributed by atoms with Crippen LogP contribution in [0.5, 0.6) is 0 Å². The molecule has 5 nitrogen and oxygen atoms in total. The van der Waals surface area contributed by atoms with Crippen LogP contribution in [0, 0.1) is 0 Å². The Bertz CT molecular complexity index is 291. The first-order valence-corrected chi connectivity index (χ1v) is 3.55. The van der Waals surface area contributed by atoms with Gasteiger partial charge in [-0.25, -0.2) is 10.5 Å². The van der Waals surface area contributed by atoms with E-state index in [-0.39, 0.29) is 0 Å². The second kappa shape index (κ2) is 2.71. The van der Waals surface area contributed by atoms with Gasteiger partial charge in [0.25, 0.3) is 0 Å². The predicted octanol–water partition coefficient (Wildman–Crippen LogP) is 0.0413.